The molecule has 1 amide bonds. The molecule has 4 rings (SSSR count). The van der Waals surface area contributed by atoms with Gasteiger partial charge in [-0.25, -0.2) is 0 Å². The van der Waals surface area contributed by atoms with Crippen LogP contribution in [0.5, 0.6) is 5.75 Å². The highest BCUT2D eigenvalue weighted by atomic mass is 32.2. The lowest BCUT2D eigenvalue weighted by Crippen LogP contribution is -2.42. The highest BCUT2D eigenvalue weighted by Gasteiger charge is 2.24. The van der Waals surface area contributed by atoms with E-state index in [2.05, 4.69) is 17.1 Å². The standard InChI is InChI=1S/C23H26N4O2S/c1-17-8-6-7-15-26(17)21(28)16-30-23-25-24-22(18-9-4-3-5-10-18)27(23)19-11-13-20(29-2)14-12-19/h3-5,9-14,17H,6-8,15-16H2,1-2H3/t17-/m0/s1. The number of rotatable bonds is 6. The lowest BCUT2D eigenvalue weighted by molar-refractivity contribution is -0.131. The molecular weight excluding hydrogens is 396 g/mol. The number of hydrogen-bond donors (Lipinski definition) is 0. The number of amides is 1. The van der Waals surface area contributed by atoms with Crippen molar-refractivity contribution in [1.29, 1.82) is 0 Å². The maximum Gasteiger partial charge on any atom is 0.233 e. The van der Waals surface area contributed by atoms with E-state index in [1.165, 1.54) is 18.2 Å². The van der Waals surface area contributed by atoms with Crippen LogP contribution in [0.1, 0.15) is 26.2 Å². The van der Waals surface area contributed by atoms with Crippen molar-refractivity contribution in [2.75, 3.05) is 19.4 Å². The predicted molar refractivity (Wildman–Crippen MR) is 119 cm³/mol. The zero-order valence-corrected chi connectivity index (χ0v) is 18.1. The van der Waals surface area contributed by atoms with Gasteiger partial charge in [-0.05, 0) is 50.5 Å². The quantitative estimate of drug-likeness (QED) is 0.550. The van der Waals surface area contributed by atoms with Crippen LogP contribution in [0.15, 0.2) is 59.8 Å². The molecule has 6 nitrogen and oxygen atoms in total. The summed E-state index contributed by atoms with van der Waals surface area (Å²) in [5.41, 5.74) is 1.91. The molecule has 0 spiro atoms. The second-order valence-corrected chi connectivity index (χ2v) is 8.37. The first-order valence-electron chi connectivity index (χ1n) is 10.2. The summed E-state index contributed by atoms with van der Waals surface area (Å²) in [6, 6.07) is 18.1. The molecule has 2 heterocycles. The van der Waals surface area contributed by atoms with Gasteiger partial charge in [0.1, 0.15) is 5.75 Å². The second kappa shape index (κ2) is 9.34. The van der Waals surface area contributed by atoms with Crippen LogP contribution >= 0.6 is 11.8 Å². The van der Waals surface area contributed by atoms with Crippen LogP contribution in [-0.2, 0) is 4.79 Å². The summed E-state index contributed by atoms with van der Waals surface area (Å²) < 4.78 is 7.30. The Bertz CT molecular complexity index is 988. The number of thioether (sulfide) groups is 1. The van der Waals surface area contributed by atoms with Gasteiger partial charge in [-0.1, -0.05) is 42.1 Å². The van der Waals surface area contributed by atoms with Crippen LogP contribution in [0, 0.1) is 0 Å². The van der Waals surface area contributed by atoms with Crippen LogP contribution in [0.25, 0.3) is 17.1 Å². The minimum atomic E-state index is 0.165. The number of hydrogen-bond acceptors (Lipinski definition) is 5. The first kappa shape index (κ1) is 20.5. The summed E-state index contributed by atoms with van der Waals surface area (Å²) in [5, 5.41) is 9.57. The van der Waals surface area contributed by atoms with E-state index in [0.29, 0.717) is 17.0 Å². The molecule has 3 aromatic rings. The topological polar surface area (TPSA) is 60.2 Å². The van der Waals surface area contributed by atoms with Gasteiger partial charge in [-0.3, -0.25) is 9.36 Å². The smallest absolute Gasteiger partial charge is 0.233 e. The van der Waals surface area contributed by atoms with E-state index in [1.807, 2.05) is 64.1 Å². The third-order valence-corrected chi connectivity index (χ3v) is 6.36. The van der Waals surface area contributed by atoms with Crippen LogP contribution in [0.4, 0.5) is 0 Å². The molecule has 1 aliphatic rings. The van der Waals surface area contributed by atoms with E-state index in [4.69, 9.17) is 4.74 Å². The summed E-state index contributed by atoms with van der Waals surface area (Å²) in [6.07, 6.45) is 3.36. The molecule has 1 aromatic heterocycles. The molecule has 156 valence electrons. The van der Waals surface area contributed by atoms with E-state index in [1.54, 1.807) is 7.11 Å². The molecule has 0 saturated carbocycles. The molecule has 0 aliphatic carbocycles. The molecule has 1 fully saturated rings. The Morgan fingerprint density at radius 1 is 1.10 bits per heavy atom. The van der Waals surface area contributed by atoms with Crippen LogP contribution in [0.2, 0.25) is 0 Å². The molecule has 0 unspecified atom stereocenters. The van der Waals surface area contributed by atoms with Crippen molar-refractivity contribution in [3.05, 3.63) is 54.6 Å². The fourth-order valence-corrected chi connectivity index (χ4v) is 4.62. The Labute approximate surface area is 181 Å². The largest absolute Gasteiger partial charge is 0.497 e. The Hall–Kier alpha value is -2.80. The fourth-order valence-electron chi connectivity index (χ4n) is 3.78. The normalized spacial score (nSPS) is 16.5. The SMILES string of the molecule is COc1ccc(-n2c(SCC(=O)N3CCCC[C@@H]3C)nnc2-c2ccccc2)cc1. The monoisotopic (exact) mass is 422 g/mol. The van der Waals surface area contributed by atoms with Gasteiger partial charge < -0.3 is 9.64 Å². The maximum absolute atomic E-state index is 12.8. The van der Waals surface area contributed by atoms with Crippen molar-refractivity contribution in [1.82, 2.24) is 19.7 Å². The van der Waals surface area contributed by atoms with E-state index >= 15 is 0 Å². The van der Waals surface area contributed by atoms with Gasteiger partial charge in [0, 0.05) is 23.8 Å². The number of methoxy groups -OCH3 is 1. The number of ether oxygens (including phenoxy) is 1. The van der Waals surface area contributed by atoms with Crippen molar-refractivity contribution >= 4 is 17.7 Å². The van der Waals surface area contributed by atoms with E-state index in [9.17, 15) is 4.79 Å². The molecule has 0 bridgehead atoms. The Morgan fingerprint density at radius 3 is 2.57 bits per heavy atom. The van der Waals surface area contributed by atoms with Crippen LogP contribution in [0.3, 0.4) is 0 Å². The number of carbonyl (C=O) groups excluding carboxylic acids is 1. The van der Waals surface area contributed by atoms with Gasteiger partial charge in [-0.15, -0.1) is 10.2 Å². The Morgan fingerprint density at radius 2 is 1.87 bits per heavy atom. The minimum Gasteiger partial charge on any atom is -0.497 e. The molecule has 1 atom stereocenters. The first-order valence-corrected chi connectivity index (χ1v) is 11.2. The minimum absolute atomic E-state index is 0.165. The average molecular weight is 423 g/mol. The Kier molecular flexibility index (Phi) is 6.38. The van der Waals surface area contributed by atoms with Crippen molar-refractivity contribution in [2.24, 2.45) is 0 Å². The van der Waals surface area contributed by atoms with Gasteiger partial charge >= 0.3 is 0 Å². The van der Waals surface area contributed by atoms with Crippen LogP contribution < -0.4 is 4.74 Å². The summed E-state index contributed by atoms with van der Waals surface area (Å²) >= 11 is 1.44. The third-order valence-electron chi connectivity index (χ3n) is 5.44. The molecular formula is C23H26N4O2S. The lowest BCUT2D eigenvalue weighted by atomic mass is 10.0. The van der Waals surface area contributed by atoms with E-state index in [0.717, 1.165) is 42.2 Å². The number of benzene rings is 2. The summed E-state index contributed by atoms with van der Waals surface area (Å²) in [5.74, 6) is 2.06. The van der Waals surface area contributed by atoms with Gasteiger partial charge in [0.05, 0.1) is 12.9 Å². The predicted octanol–water partition coefficient (Wildman–Crippen LogP) is 4.44. The molecule has 1 saturated heterocycles. The molecule has 30 heavy (non-hydrogen) atoms. The number of nitrogens with zero attached hydrogens (tertiary/aromatic N) is 4. The molecule has 7 heteroatoms. The molecule has 2 aromatic carbocycles. The zero-order chi connectivity index (χ0) is 20.9. The van der Waals surface area contributed by atoms with E-state index in [-0.39, 0.29) is 5.91 Å². The highest BCUT2D eigenvalue weighted by Crippen LogP contribution is 2.29. The average Bonchev–Trinajstić information content (AvgIpc) is 3.22. The third kappa shape index (κ3) is 4.36. The van der Waals surface area contributed by atoms with Gasteiger partial charge in [-0.2, -0.15) is 0 Å². The molecule has 1 aliphatic heterocycles. The van der Waals surface area contributed by atoms with Gasteiger partial charge in [0.25, 0.3) is 0 Å². The first-order chi connectivity index (χ1) is 14.7. The molecule has 0 N–H and O–H groups in total. The van der Waals surface area contributed by atoms with E-state index < -0.39 is 0 Å². The van der Waals surface area contributed by atoms with Crippen LogP contribution in [-0.4, -0.2) is 51.0 Å². The second-order valence-electron chi connectivity index (χ2n) is 7.43. The lowest BCUT2D eigenvalue weighted by Gasteiger charge is -2.33. The van der Waals surface area contributed by atoms with Crippen molar-refractivity contribution < 1.29 is 9.53 Å². The van der Waals surface area contributed by atoms with Crippen molar-refractivity contribution in [3.63, 3.8) is 0 Å². The summed E-state index contributed by atoms with van der Waals surface area (Å²) in [6.45, 7) is 2.98. The summed E-state index contributed by atoms with van der Waals surface area (Å²) in [4.78, 5) is 14.8. The zero-order valence-electron chi connectivity index (χ0n) is 17.3. The highest BCUT2D eigenvalue weighted by molar-refractivity contribution is 7.99. The fraction of sp³-hybridized carbons (Fsp3) is 0.348. The van der Waals surface area contributed by atoms with Crippen molar-refractivity contribution in [2.45, 2.75) is 37.4 Å². The maximum atomic E-state index is 12.8. The number of carbonyl (C=O) groups is 1. The number of aromatic nitrogens is 3. The van der Waals surface area contributed by atoms with Gasteiger partial charge in [0.15, 0.2) is 11.0 Å². The van der Waals surface area contributed by atoms with Gasteiger partial charge in [0.2, 0.25) is 5.91 Å². The van der Waals surface area contributed by atoms with Crippen molar-refractivity contribution in [3.8, 4) is 22.8 Å². The number of likely N-dealkylation sites (tertiary alicyclic amines) is 1. The summed E-state index contributed by atoms with van der Waals surface area (Å²) in [7, 11) is 1.65. The number of piperidine rings is 1. The Balaban J connectivity index is 1.62. The molecule has 0 radical (unpaired) electrons.